The molecule has 0 aromatic heterocycles. The Balaban J connectivity index is 2.45. The molecule has 1 saturated heterocycles. The molecule has 2 unspecified atom stereocenters. The molecule has 0 bridgehead atoms. The molecule has 0 radical (unpaired) electrons. The minimum Gasteiger partial charge on any atom is -0.316 e. The Hall–Kier alpha value is -0.120. The molecule has 108 valence electrons. The van der Waals surface area contributed by atoms with Gasteiger partial charge in [0.25, 0.3) is 0 Å². The van der Waals surface area contributed by atoms with Crippen molar-refractivity contribution < 1.29 is 0 Å². The van der Waals surface area contributed by atoms with Crippen molar-refractivity contribution in [2.75, 3.05) is 46.3 Å². The molecule has 2 atom stereocenters. The molecule has 1 aliphatic heterocycles. The predicted molar refractivity (Wildman–Crippen MR) is 80.1 cm³/mol. The quantitative estimate of drug-likeness (QED) is 0.702. The summed E-state index contributed by atoms with van der Waals surface area (Å²) in [7, 11) is 2.23. The van der Waals surface area contributed by atoms with Crippen LogP contribution >= 0.6 is 0 Å². The summed E-state index contributed by atoms with van der Waals surface area (Å²) >= 11 is 0. The monoisotopic (exact) mass is 255 g/mol. The zero-order valence-electron chi connectivity index (χ0n) is 13.1. The number of hydrogen-bond donors (Lipinski definition) is 1. The van der Waals surface area contributed by atoms with Crippen molar-refractivity contribution in [3.8, 4) is 0 Å². The van der Waals surface area contributed by atoms with Crippen LogP contribution in [0.4, 0.5) is 0 Å². The molecule has 1 aliphatic rings. The smallest absolute Gasteiger partial charge is 0.0195 e. The zero-order valence-corrected chi connectivity index (χ0v) is 13.1. The van der Waals surface area contributed by atoms with E-state index in [1.54, 1.807) is 0 Å². The Morgan fingerprint density at radius 2 is 2.00 bits per heavy atom. The first-order valence-electron chi connectivity index (χ1n) is 7.64. The molecule has 3 heteroatoms. The maximum atomic E-state index is 3.60. The lowest BCUT2D eigenvalue weighted by atomic mass is 9.86. The molecule has 0 aliphatic carbocycles. The maximum absolute atomic E-state index is 3.60. The zero-order chi connectivity index (χ0) is 13.6. The largest absolute Gasteiger partial charge is 0.316 e. The lowest BCUT2D eigenvalue weighted by Gasteiger charge is -2.43. The summed E-state index contributed by atoms with van der Waals surface area (Å²) in [6, 6.07) is 0.695. The number of nitrogens with one attached hydrogen (secondary N) is 1. The second kappa shape index (κ2) is 7.46. The van der Waals surface area contributed by atoms with Gasteiger partial charge in [0.1, 0.15) is 0 Å². The topological polar surface area (TPSA) is 18.5 Å². The Bertz CT molecular complexity index is 232. The van der Waals surface area contributed by atoms with Gasteiger partial charge in [-0.1, -0.05) is 20.8 Å². The van der Waals surface area contributed by atoms with Gasteiger partial charge in [-0.3, -0.25) is 4.90 Å². The van der Waals surface area contributed by atoms with Gasteiger partial charge in [0.05, 0.1) is 0 Å². The molecular formula is C15H33N3. The van der Waals surface area contributed by atoms with E-state index >= 15 is 0 Å². The summed E-state index contributed by atoms with van der Waals surface area (Å²) in [6.07, 6.45) is 2.48. The third kappa shape index (κ3) is 4.87. The second-order valence-electron chi connectivity index (χ2n) is 6.42. The molecule has 0 amide bonds. The van der Waals surface area contributed by atoms with Gasteiger partial charge in [0.2, 0.25) is 0 Å². The first-order chi connectivity index (χ1) is 8.50. The summed E-state index contributed by atoms with van der Waals surface area (Å²) in [6.45, 7) is 16.5. The fraction of sp³-hybridized carbons (Fsp3) is 1.00. The average molecular weight is 255 g/mol. The van der Waals surface area contributed by atoms with Crippen LogP contribution in [-0.4, -0.2) is 62.2 Å². The molecule has 0 aromatic rings. The van der Waals surface area contributed by atoms with E-state index in [9.17, 15) is 0 Å². The molecule has 0 saturated carbocycles. The third-order valence-corrected chi connectivity index (χ3v) is 4.39. The molecule has 18 heavy (non-hydrogen) atoms. The Kier molecular flexibility index (Phi) is 6.61. The fourth-order valence-corrected chi connectivity index (χ4v) is 2.76. The van der Waals surface area contributed by atoms with Crippen LogP contribution in [0.25, 0.3) is 0 Å². The molecule has 3 nitrogen and oxygen atoms in total. The van der Waals surface area contributed by atoms with Gasteiger partial charge in [-0.2, -0.15) is 0 Å². The number of rotatable bonds is 7. The Labute approximate surface area is 114 Å². The minimum absolute atomic E-state index is 0.416. The first kappa shape index (κ1) is 15.9. The van der Waals surface area contributed by atoms with Gasteiger partial charge in [-0.15, -0.1) is 0 Å². The van der Waals surface area contributed by atoms with E-state index in [0.29, 0.717) is 11.5 Å². The summed E-state index contributed by atoms with van der Waals surface area (Å²) in [5.41, 5.74) is 0.416. The standard InChI is InChI=1S/C15H33N3/c1-6-8-16-12-15(4,7-2)13-18-10-9-17(5)11-14(18)3/h14,16H,6-13H2,1-5H3. The summed E-state index contributed by atoms with van der Waals surface area (Å²) in [4.78, 5) is 5.12. The second-order valence-corrected chi connectivity index (χ2v) is 6.42. The number of likely N-dealkylation sites (N-methyl/N-ethyl adjacent to an activating group) is 1. The summed E-state index contributed by atoms with van der Waals surface area (Å²) < 4.78 is 0. The lowest BCUT2D eigenvalue weighted by Crippen LogP contribution is -2.54. The van der Waals surface area contributed by atoms with Gasteiger partial charge in [-0.05, 0) is 38.8 Å². The van der Waals surface area contributed by atoms with E-state index in [1.807, 2.05) is 0 Å². The van der Waals surface area contributed by atoms with Crippen LogP contribution in [0.1, 0.15) is 40.5 Å². The molecular weight excluding hydrogens is 222 g/mol. The van der Waals surface area contributed by atoms with Crippen LogP contribution in [-0.2, 0) is 0 Å². The van der Waals surface area contributed by atoms with Gasteiger partial charge in [-0.25, -0.2) is 0 Å². The van der Waals surface area contributed by atoms with Crippen molar-refractivity contribution in [2.45, 2.75) is 46.6 Å². The van der Waals surface area contributed by atoms with Crippen LogP contribution in [0.5, 0.6) is 0 Å². The number of nitrogens with zero attached hydrogens (tertiary/aromatic N) is 2. The van der Waals surface area contributed by atoms with E-state index in [1.165, 1.54) is 39.0 Å². The first-order valence-corrected chi connectivity index (χ1v) is 7.64. The molecule has 1 rings (SSSR count). The van der Waals surface area contributed by atoms with Crippen molar-refractivity contribution in [3.63, 3.8) is 0 Å². The summed E-state index contributed by atoms with van der Waals surface area (Å²) in [5, 5.41) is 3.60. The van der Waals surface area contributed by atoms with Crippen molar-refractivity contribution in [1.82, 2.24) is 15.1 Å². The number of piperazine rings is 1. The molecule has 0 aromatic carbocycles. The molecule has 1 fully saturated rings. The van der Waals surface area contributed by atoms with Crippen LogP contribution in [0.15, 0.2) is 0 Å². The third-order valence-electron chi connectivity index (χ3n) is 4.39. The maximum Gasteiger partial charge on any atom is 0.0195 e. The average Bonchev–Trinajstić information content (AvgIpc) is 2.33. The molecule has 0 spiro atoms. The van der Waals surface area contributed by atoms with E-state index in [-0.39, 0.29) is 0 Å². The van der Waals surface area contributed by atoms with E-state index in [2.05, 4.69) is 49.9 Å². The normalized spacial score (nSPS) is 26.2. The van der Waals surface area contributed by atoms with Gasteiger partial charge < -0.3 is 10.2 Å². The highest BCUT2D eigenvalue weighted by Gasteiger charge is 2.29. The molecule has 1 heterocycles. The molecule has 1 N–H and O–H groups in total. The van der Waals surface area contributed by atoms with E-state index in [0.717, 1.165) is 13.1 Å². The van der Waals surface area contributed by atoms with Crippen molar-refractivity contribution in [3.05, 3.63) is 0 Å². The van der Waals surface area contributed by atoms with Crippen LogP contribution < -0.4 is 5.32 Å². The summed E-state index contributed by atoms with van der Waals surface area (Å²) in [5.74, 6) is 0. The Morgan fingerprint density at radius 3 is 2.56 bits per heavy atom. The highest BCUT2D eigenvalue weighted by Crippen LogP contribution is 2.24. The van der Waals surface area contributed by atoms with Crippen molar-refractivity contribution >= 4 is 0 Å². The van der Waals surface area contributed by atoms with Crippen LogP contribution in [0.3, 0.4) is 0 Å². The van der Waals surface area contributed by atoms with E-state index in [4.69, 9.17) is 0 Å². The fourth-order valence-electron chi connectivity index (χ4n) is 2.76. The van der Waals surface area contributed by atoms with E-state index < -0.39 is 0 Å². The minimum atomic E-state index is 0.416. The Morgan fingerprint density at radius 1 is 1.28 bits per heavy atom. The predicted octanol–water partition coefficient (Wildman–Crippen LogP) is 2.04. The lowest BCUT2D eigenvalue weighted by molar-refractivity contribution is 0.0580. The van der Waals surface area contributed by atoms with Crippen molar-refractivity contribution in [2.24, 2.45) is 5.41 Å². The van der Waals surface area contributed by atoms with Gasteiger partial charge in [0, 0.05) is 38.8 Å². The van der Waals surface area contributed by atoms with Crippen LogP contribution in [0, 0.1) is 5.41 Å². The van der Waals surface area contributed by atoms with Crippen molar-refractivity contribution in [1.29, 1.82) is 0 Å². The SMILES string of the molecule is CCCNCC(C)(CC)CN1CCN(C)CC1C. The number of hydrogen-bond acceptors (Lipinski definition) is 3. The van der Waals surface area contributed by atoms with Crippen LogP contribution in [0.2, 0.25) is 0 Å². The van der Waals surface area contributed by atoms with Gasteiger partial charge >= 0.3 is 0 Å². The highest BCUT2D eigenvalue weighted by atomic mass is 15.3. The van der Waals surface area contributed by atoms with Gasteiger partial charge in [0.15, 0.2) is 0 Å². The highest BCUT2D eigenvalue weighted by molar-refractivity contribution is 4.85.